The van der Waals surface area contributed by atoms with Crippen LogP contribution in [0.5, 0.6) is 0 Å². The second-order valence-corrected chi connectivity index (χ2v) is 5.95. The molecule has 0 spiro atoms. The van der Waals surface area contributed by atoms with Gasteiger partial charge in [0.2, 0.25) is 5.91 Å². The van der Waals surface area contributed by atoms with Gasteiger partial charge in [-0.05, 0) is 37.1 Å². The number of nitrogens with zero attached hydrogens (tertiary/aromatic N) is 3. The largest absolute Gasteiger partial charge is 0.324 e. The quantitative estimate of drug-likeness (QED) is 0.557. The Morgan fingerprint density at radius 3 is 2.31 bits per heavy atom. The number of amides is 1. The Morgan fingerprint density at radius 1 is 1.12 bits per heavy atom. The van der Waals surface area contributed by atoms with E-state index in [1.54, 1.807) is 13.8 Å². The Kier molecular flexibility index (Phi) is 4.79. The molecule has 0 aliphatic rings. The van der Waals surface area contributed by atoms with Gasteiger partial charge in [0.1, 0.15) is 17.9 Å². The maximum absolute atomic E-state index is 12.4. The van der Waals surface area contributed by atoms with Gasteiger partial charge in [-0.1, -0.05) is 42.5 Å². The third-order valence-corrected chi connectivity index (χ3v) is 4.12. The first-order valence-electron chi connectivity index (χ1n) is 8.12. The highest BCUT2D eigenvalue weighted by molar-refractivity contribution is 5.93. The fourth-order valence-electron chi connectivity index (χ4n) is 2.59. The van der Waals surface area contributed by atoms with E-state index in [-0.39, 0.29) is 17.3 Å². The molecule has 7 heteroatoms. The van der Waals surface area contributed by atoms with E-state index >= 15 is 0 Å². The maximum Gasteiger partial charge on any atom is 0.309 e. The van der Waals surface area contributed by atoms with Crippen LogP contribution < -0.4 is 5.32 Å². The standard InChI is InChI=1S/C19H18N4O3/c1-13-18(23(25)26)12-22(21-13)14(2)19(24)20-17-10-8-16(9-11-17)15-6-4-3-5-7-15/h3-12,14H,1-2H3,(H,20,24). The van der Waals surface area contributed by atoms with Gasteiger partial charge in [-0.15, -0.1) is 0 Å². The number of benzene rings is 2. The summed E-state index contributed by atoms with van der Waals surface area (Å²) >= 11 is 0. The molecule has 132 valence electrons. The van der Waals surface area contributed by atoms with Gasteiger partial charge in [-0.2, -0.15) is 5.10 Å². The van der Waals surface area contributed by atoms with E-state index in [4.69, 9.17) is 0 Å². The third-order valence-electron chi connectivity index (χ3n) is 4.12. The van der Waals surface area contributed by atoms with E-state index in [2.05, 4.69) is 10.4 Å². The average molecular weight is 350 g/mol. The van der Waals surface area contributed by atoms with Crippen molar-refractivity contribution in [2.75, 3.05) is 5.32 Å². The van der Waals surface area contributed by atoms with E-state index in [0.717, 1.165) is 11.1 Å². The van der Waals surface area contributed by atoms with Crippen molar-refractivity contribution in [2.45, 2.75) is 19.9 Å². The summed E-state index contributed by atoms with van der Waals surface area (Å²) in [5.74, 6) is -0.296. The van der Waals surface area contributed by atoms with Crippen LogP contribution in [0.2, 0.25) is 0 Å². The Bertz CT molecular complexity index is 933. The minimum atomic E-state index is -0.670. The number of hydrogen-bond donors (Lipinski definition) is 1. The minimum absolute atomic E-state index is 0.100. The van der Waals surface area contributed by atoms with Crippen LogP contribution in [0.25, 0.3) is 11.1 Å². The zero-order valence-electron chi connectivity index (χ0n) is 14.4. The molecule has 0 aliphatic heterocycles. The van der Waals surface area contributed by atoms with Crippen LogP contribution in [0.1, 0.15) is 18.7 Å². The van der Waals surface area contributed by atoms with Crippen molar-refractivity contribution < 1.29 is 9.72 Å². The number of nitrogens with one attached hydrogen (secondary N) is 1. The predicted octanol–water partition coefficient (Wildman–Crippen LogP) is 3.97. The number of carbonyl (C=O) groups excluding carboxylic acids is 1. The van der Waals surface area contributed by atoms with Crippen LogP contribution in [0.15, 0.2) is 60.8 Å². The van der Waals surface area contributed by atoms with Gasteiger partial charge >= 0.3 is 5.69 Å². The van der Waals surface area contributed by atoms with Crippen LogP contribution in [-0.4, -0.2) is 20.6 Å². The number of carbonyl (C=O) groups is 1. The van der Waals surface area contributed by atoms with Crippen LogP contribution in [0.4, 0.5) is 11.4 Å². The highest BCUT2D eigenvalue weighted by Crippen LogP contribution is 2.22. The van der Waals surface area contributed by atoms with Gasteiger partial charge in [-0.3, -0.25) is 19.6 Å². The Morgan fingerprint density at radius 2 is 1.73 bits per heavy atom. The van der Waals surface area contributed by atoms with E-state index < -0.39 is 11.0 Å². The lowest BCUT2D eigenvalue weighted by molar-refractivity contribution is -0.385. The van der Waals surface area contributed by atoms with Crippen molar-refractivity contribution in [3.63, 3.8) is 0 Å². The van der Waals surface area contributed by atoms with Gasteiger partial charge in [0.15, 0.2) is 0 Å². The zero-order chi connectivity index (χ0) is 18.7. The molecule has 2 aromatic carbocycles. The average Bonchev–Trinajstić information content (AvgIpc) is 3.04. The summed E-state index contributed by atoms with van der Waals surface area (Å²) < 4.78 is 1.31. The fraction of sp³-hybridized carbons (Fsp3) is 0.158. The fourth-order valence-corrected chi connectivity index (χ4v) is 2.59. The molecule has 0 bridgehead atoms. The first kappa shape index (κ1) is 17.3. The lowest BCUT2D eigenvalue weighted by Crippen LogP contribution is -2.24. The molecule has 0 fully saturated rings. The van der Waals surface area contributed by atoms with Crippen LogP contribution in [-0.2, 0) is 4.79 Å². The second kappa shape index (κ2) is 7.18. The van der Waals surface area contributed by atoms with E-state index in [1.165, 1.54) is 10.9 Å². The Balaban J connectivity index is 1.71. The van der Waals surface area contributed by atoms with Crippen molar-refractivity contribution in [1.29, 1.82) is 0 Å². The first-order chi connectivity index (χ1) is 12.5. The van der Waals surface area contributed by atoms with E-state index in [0.29, 0.717) is 5.69 Å². The SMILES string of the molecule is Cc1nn(C(C)C(=O)Nc2ccc(-c3ccccc3)cc2)cc1[N+](=O)[O-]. The summed E-state index contributed by atoms with van der Waals surface area (Å²) in [4.78, 5) is 22.8. The third kappa shape index (κ3) is 3.61. The molecule has 1 atom stereocenters. The van der Waals surface area contributed by atoms with Gasteiger partial charge in [-0.25, -0.2) is 0 Å². The monoisotopic (exact) mass is 350 g/mol. The van der Waals surface area contributed by atoms with Crippen molar-refractivity contribution in [3.05, 3.63) is 76.6 Å². The van der Waals surface area contributed by atoms with Crippen LogP contribution in [0.3, 0.4) is 0 Å². The Labute approximate surface area is 150 Å². The molecular weight excluding hydrogens is 332 g/mol. The molecule has 3 aromatic rings. The summed E-state index contributed by atoms with van der Waals surface area (Å²) in [6, 6.07) is 16.8. The molecule has 7 nitrogen and oxygen atoms in total. The maximum atomic E-state index is 12.4. The van der Waals surface area contributed by atoms with Crippen molar-refractivity contribution in [1.82, 2.24) is 9.78 Å². The Hall–Kier alpha value is -3.48. The molecule has 3 rings (SSSR count). The summed E-state index contributed by atoms with van der Waals surface area (Å²) in [6.07, 6.45) is 1.28. The lowest BCUT2D eigenvalue weighted by Gasteiger charge is -2.12. The molecule has 26 heavy (non-hydrogen) atoms. The number of anilines is 1. The highest BCUT2D eigenvalue weighted by Gasteiger charge is 2.22. The van der Waals surface area contributed by atoms with E-state index in [1.807, 2.05) is 54.6 Å². The number of aromatic nitrogens is 2. The van der Waals surface area contributed by atoms with Crippen molar-refractivity contribution in [3.8, 4) is 11.1 Å². The highest BCUT2D eigenvalue weighted by atomic mass is 16.6. The number of rotatable bonds is 5. The molecule has 1 amide bonds. The van der Waals surface area contributed by atoms with Gasteiger partial charge in [0.05, 0.1) is 4.92 Å². The number of hydrogen-bond acceptors (Lipinski definition) is 4. The number of aryl methyl sites for hydroxylation is 1. The smallest absolute Gasteiger partial charge is 0.309 e. The molecule has 0 radical (unpaired) electrons. The van der Waals surface area contributed by atoms with Crippen LogP contribution >= 0.6 is 0 Å². The first-order valence-corrected chi connectivity index (χ1v) is 8.12. The number of nitro groups is 1. The molecule has 0 saturated carbocycles. The van der Waals surface area contributed by atoms with Crippen molar-refractivity contribution >= 4 is 17.3 Å². The topological polar surface area (TPSA) is 90.1 Å². The predicted molar refractivity (Wildman–Crippen MR) is 98.8 cm³/mol. The second-order valence-electron chi connectivity index (χ2n) is 5.95. The molecule has 0 saturated heterocycles. The van der Waals surface area contributed by atoms with E-state index in [9.17, 15) is 14.9 Å². The molecule has 1 N–H and O–H groups in total. The molecule has 1 aromatic heterocycles. The zero-order valence-corrected chi connectivity index (χ0v) is 14.4. The molecule has 1 heterocycles. The van der Waals surface area contributed by atoms with Gasteiger partial charge in [0, 0.05) is 5.69 Å². The summed E-state index contributed by atoms with van der Waals surface area (Å²) in [5, 5.41) is 17.8. The summed E-state index contributed by atoms with van der Waals surface area (Å²) in [5.41, 5.74) is 2.98. The summed E-state index contributed by atoms with van der Waals surface area (Å²) in [7, 11) is 0. The molecule has 0 aliphatic carbocycles. The van der Waals surface area contributed by atoms with Crippen molar-refractivity contribution in [2.24, 2.45) is 0 Å². The normalized spacial score (nSPS) is 11.8. The van der Waals surface area contributed by atoms with Crippen LogP contribution in [0, 0.1) is 17.0 Å². The lowest BCUT2D eigenvalue weighted by atomic mass is 10.1. The minimum Gasteiger partial charge on any atom is -0.324 e. The molecular formula is C19H18N4O3. The van der Waals surface area contributed by atoms with Gasteiger partial charge in [0.25, 0.3) is 0 Å². The van der Waals surface area contributed by atoms with Gasteiger partial charge < -0.3 is 5.32 Å². The summed E-state index contributed by atoms with van der Waals surface area (Å²) in [6.45, 7) is 3.19. The molecule has 1 unspecified atom stereocenters.